The maximum absolute atomic E-state index is 13.0. The second kappa shape index (κ2) is 5.81. The van der Waals surface area contributed by atoms with Gasteiger partial charge in [-0.2, -0.15) is 13.2 Å². The molecule has 1 unspecified atom stereocenters. The lowest BCUT2D eigenvalue weighted by Gasteiger charge is -2.25. The fourth-order valence-corrected chi connectivity index (χ4v) is 2.72. The molecule has 2 rings (SSSR count). The molecule has 2 nitrogen and oxygen atoms in total. The standard InChI is InChI=1S/C13H16BrF3N2/c1-19(11-4-5-18-7-11)8-9-2-3-10(14)6-12(9)13(15,16)17/h2-3,6,11,18H,4-5,7-8H2,1H3. The molecule has 1 N–H and O–H groups in total. The Kier molecular flexibility index (Phi) is 4.53. The number of hydrogen-bond acceptors (Lipinski definition) is 2. The zero-order valence-electron chi connectivity index (χ0n) is 10.6. The van der Waals surface area contributed by atoms with Crippen molar-refractivity contribution in [2.45, 2.75) is 25.2 Å². The van der Waals surface area contributed by atoms with Gasteiger partial charge in [0.2, 0.25) is 0 Å². The molecule has 19 heavy (non-hydrogen) atoms. The van der Waals surface area contributed by atoms with Crippen LogP contribution in [0.1, 0.15) is 17.5 Å². The molecule has 1 saturated heterocycles. The average molecular weight is 337 g/mol. The van der Waals surface area contributed by atoms with Crippen LogP contribution in [0.5, 0.6) is 0 Å². The number of likely N-dealkylation sites (N-methyl/N-ethyl adjacent to an activating group) is 1. The van der Waals surface area contributed by atoms with Crippen LogP contribution in [0, 0.1) is 0 Å². The summed E-state index contributed by atoms with van der Waals surface area (Å²) in [6.45, 7) is 2.09. The van der Waals surface area contributed by atoms with Crippen LogP contribution in [0.25, 0.3) is 0 Å². The van der Waals surface area contributed by atoms with Crippen LogP contribution in [-0.2, 0) is 12.7 Å². The Morgan fingerprint density at radius 1 is 1.42 bits per heavy atom. The van der Waals surface area contributed by atoms with E-state index in [0.29, 0.717) is 22.6 Å². The molecule has 0 amide bonds. The van der Waals surface area contributed by atoms with Crippen molar-refractivity contribution < 1.29 is 13.2 Å². The highest BCUT2D eigenvalue weighted by Crippen LogP contribution is 2.34. The van der Waals surface area contributed by atoms with E-state index in [2.05, 4.69) is 21.2 Å². The van der Waals surface area contributed by atoms with Gasteiger partial charge in [0, 0.05) is 23.6 Å². The molecule has 6 heteroatoms. The predicted octanol–water partition coefficient (Wildman–Crippen LogP) is 3.26. The summed E-state index contributed by atoms with van der Waals surface area (Å²) in [6, 6.07) is 4.66. The summed E-state index contributed by atoms with van der Waals surface area (Å²) >= 11 is 3.10. The Bertz CT molecular complexity index is 442. The molecule has 106 valence electrons. The van der Waals surface area contributed by atoms with E-state index in [1.807, 2.05) is 11.9 Å². The zero-order valence-corrected chi connectivity index (χ0v) is 12.2. The Morgan fingerprint density at radius 2 is 2.16 bits per heavy atom. The molecule has 0 spiro atoms. The monoisotopic (exact) mass is 336 g/mol. The molecular weight excluding hydrogens is 321 g/mol. The Labute approximate surface area is 119 Å². The van der Waals surface area contributed by atoms with Crippen LogP contribution in [0.4, 0.5) is 13.2 Å². The van der Waals surface area contributed by atoms with Crippen LogP contribution in [0.3, 0.4) is 0 Å². The summed E-state index contributed by atoms with van der Waals surface area (Å²) in [7, 11) is 1.87. The lowest BCUT2D eigenvalue weighted by atomic mass is 10.1. The molecular formula is C13H16BrF3N2. The Morgan fingerprint density at radius 3 is 2.74 bits per heavy atom. The van der Waals surface area contributed by atoms with Crippen molar-refractivity contribution in [3.05, 3.63) is 33.8 Å². The molecule has 1 aliphatic rings. The molecule has 0 saturated carbocycles. The minimum atomic E-state index is -4.31. The maximum atomic E-state index is 13.0. The molecule has 0 aromatic heterocycles. The molecule has 1 heterocycles. The highest BCUT2D eigenvalue weighted by molar-refractivity contribution is 9.10. The maximum Gasteiger partial charge on any atom is 0.416 e. The normalized spacial score (nSPS) is 20.2. The highest BCUT2D eigenvalue weighted by atomic mass is 79.9. The number of alkyl halides is 3. The van der Waals surface area contributed by atoms with Crippen LogP contribution < -0.4 is 5.32 Å². The van der Waals surface area contributed by atoms with E-state index in [1.54, 1.807) is 12.1 Å². The average Bonchev–Trinajstić information content (AvgIpc) is 2.83. The Balaban J connectivity index is 2.19. The van der Waals surface area contributed by atoms with E-state index < -0.39 is 11.7 Å². The first-order valence-electron chi connectivity index (χ1n) is 6.14. The summed E-state index contributed by atoms with van der Waals surface area (Å²) in [5.41, 5.74) is -0.232. The van der Waals surface area contributed by atoms with Crippen LogP contribution in [-0.4, -0.2) is 31.1 Å². The van der Waals surface area contributed by atoms with E-state index >= 15 is 0 Å². The van der Waals surface area contributed by atoms with Gasteiger partial charge in [0.05, 0.1) is 5.56 Å². The number of hydrogen-bond donors (Lipinski definition) is 1. The number of halogens is 4. The quantitative estimate of drug-likeness (QED) is 0.911. The molecule has 0 radical (unpaired) electrons. The van der Waals surface area contributed by atoms with Gasteiger partial charge in [-0.1, -0.05) is 22.0 Å². The summed E-state index contributed by atoms with van der Waals surface area (Å²) in [5.74, 6) is 0. The first-order valence-corrected chi connectivity index (χ1v) is 6.94. The van der Waals surface area contributed by atoms with Gasteiger partial charge >= 0.3 is 6.18 Å². The van der Waals surface area contributed by atoms with E-state index in [4.69, 9.17) is 0 Å². The van der Waals surface area contributed by atoms with Crippen LogP contribution in [0.15, 0.2) is 22.7 Å². The van der Waals surface area contributed by atoms with Gasteiger partial charge in [-0.3, -0.25) is 4.90 Å². The SMILES string of the molecule is CN(Cc1ccc(Br)cc1C(F)(F)F)C1CCNC1. The lowest BCUT2D eigenvalue weighted by Crippen LogP contribution is -2.33. The number of nitrogens with zero attached hydrogens (tertiary/aromatic N) is 1. The van der Waals surface area contributed by atoms with E-state index in [-0.39, 0.29) is 0 Å². The molecule has 0 bridgehead atoms. The van der Waals surface area contributed by atoms with Gasteiger partial charge in [0.25, 0.3) is 0 Å². The van der Waals surface area contributed by atoms with Crippen LogP contribution in [0.2, 0.25) is 0 Å². The summed E-state index contributed by atoms with van der Waals surface area (Å²) in [5, 5.41) is 3.22. The summed E-state index contributed by atoms with van der Waals surface area (Å²) < 4.78 is 39.5. The van der Waals surface area contributed by atoms with Crippen molar-refractivity contribution in [3.8, 4) is 0 Å². The first kappa shape index (κ1) is 14.8. The summed E-state index contributed by atoms with van der Waals surface area (Å²) in [6.07, 6.45) is -3.33. The van der Waals surface area contributed by atoms with Crippen molar-refractivity contribution in [1.29, 1.82) is 0 Å². The third-order valence-corrected chi connectivity index (χ3v) is 3.95. The van der Waals surface area contributed by atoms with E-state index in [1.165, 1.54) is 0 Å². The van der Waals surface area contributed by atoms with Crippen LogP contribution >= 0.6 is 15.9 Å². The highest BCUT2D eigenvalue weighted by Gasteiger charge is 2.34. The van der Waals surface area contributed by atoms with Crippen molar-refractivity contribution >= 4 is 15.9 Å². The fraction of sp³-hybridized carbons (Fsp3) is 0.538. The second-order valence-electron chi connectivity index (χ2n) is 4.86. The number of benzene rings is 1. The molecule has 0 aliphatic carbocycles. The molecule has 1 aromatic rings. The van der Waals surface area contributed by atoms with Crippen molar-refractivity contribution in [2.75, 3.05) is 20.1 Å². The third kappa shape index (κ3) is 3.70. The number of nitrogens with one attached hydrogen (secondary N) is 1. The van der Waals surface area contributed by atoms with Gasteiger partial charge in [0.15, 0.2) is 0 Å². The van der Waals surface area contributed by atoms with Gasteiger partial charge < -0.3 is 5.32 Å². The molecule has 1 aliphatic heterocycles. The smallest absolute Gasteiger partial charge is 0.315 e. The van der Waals surface area contributed by atoms with Gasteiger partial charge in [0.1, 0.15) is 0 Å². The van der Waals surface area contributed by atoms with Gasteiger partial charge in [-0.15, -0.1) is 0 Å². The first-order chi connectivity index (χ1) is 8.88. The van der Waals surface area contributed by atoms with Crippen molar-refractivity contribution in [2.24, 2.45) is 0 Å². The minimum absolute atomic E-state index is 0.310. The lowest BCUT2D eigenvalue weighted by molar-refractivity contribution is -0.138. The second-order valence-corrected chi connectivity index (χ2v) is 5.78. The fourth-order valence-electron chi connectivity index (χ4n) is 2.36. The Hall–Kier alpha value is -0.590. The molecule has 1 atom stereocenters. The topological polar surface area (TPSA) is 15.3 Å². The van der Waals surface area contributed by atoms with Crippen molar-refractivity contribution in [1.82, 2.24) is 10.2 Å². The molecule has 1 aromatic carbocycles. The molecule has 1 fully saturated rings. The largest absolute Gasteiger partial charge is 0.416 e. The van der Waals surface area contributed by atoms with Gasteiger partial charge in [-0.25, -0.2) is 0 Å². The number of rotatable bonds is 3. The van der Waals surface area contributed by atoms with Gasteiger partial charge in [-0.05, 0) is 37.7 Å². The van der Waals surface area contributed by atoms with E-state index in [0.717, 1.165) is 25.6 Å². The predicted molar refractivity (Wildman–Crippen MR) is 71.9 cm³/mol. The summed E-state index contributed by atoms with van der Waals surface area (Å²) in [4.78, 5) is 1.98. The van der Waals surface area contributed by atoms with Crippen molar-refractivity contribution in [3.63, 3.8) is 0 Å². The zero-order chi connectivity index (χ0) is 14.0. The van der Waals surface area contributed by atoms with E-state index in [9.17, 15) is 13.2 Å². The third-order valence-electron chi connectivity index (χ3n) is 3.45. The minimum Gasteiger partial charge on any atom is -0.315 e.